The average molecular weight is 418 g/mol. The fourth-order valence-electron chi connectivity index (χ4n) is 2.57. The summed E-state index contributed by atoms with van der Waals surface area (Å²) in [7, 11) is 1.25. The molecule has 0 aliphatic carbocycles. The number of hydrogen-bond acceptors (Lipinski definition) is 5. The molecule has 2 aromatic carbocycles. The van der Waals surface area contributed by atoms with E-state index in [1.807, 2.05) is 0 Å². The molecule has 1 amide bonds. The van der Waals surface area contributed by atoms with Crippen LogP contribution < -0.4 is 5.32 Å². The van der Waals surface area contributed by atoms with Gasteiger partial charge in [-0.25, -0.2) is 9.59 Å². The van der Waals surface area contributed by atoms with E-state index in [1.54, 1.807) is 69.3 Å². The van der Waals surface area contributed by atoms with Crippen molar-refractivity contribution < 1.29 is 23.9 Å². The predicted octanol–water partition coefficient (Wildman–Crippen LogP) is 3.81. The Balaban J connectivity index is 2.12. The topological polar surface area (TPSA) is 81.7 Å². The number of nitrogens with one attached hydrogen (secondary N) is 1. The second kappa shape index (κ2) is 9.56. The van der Waals surface area contributed by atoms with Crippen molar-refractivity contribution >= 4 is 29.4 Å². The van der Waals surface area contributed by atoms with Gasteiger partial charge in [-0.2, -0.15) is 0 Å². The molecule has 0 radical (unpaired) electrons. The van der Waals surface area contributed by atoms with Gasteiger partial charge in [-0.15, -0.1) is 0 Å². The van der Waals surface area contributed by atoms with Gasteiger partial charge in [-0.05, 0) is 50.6 Å². The minimum Gasteiger partial charge on any atom is -0.467 e. The third-order valence-electron chi connectivity index (χ3n) is 3.94. The minimum absolute atomic E-state index is 0.192. The summed E-state index contributed by atoms with van der Waals surface area (Å²) in [6, 6.07) is 12.3. The molecule has 0 aliphatic heterocycles. The van der Waals surface area contributed by atoms with Gasteiger partial charge < -0.3 is 14.8 Å². The quantitative estimate of drug-likeness (QED) is 0.723. The van der Waals surface area contributed by atoms with Crippen LogP contribution in [0.15, 0.2) is 48.5 Å². The fourth-order valence-corrected chi connectivity index (χ4v) is 2.79. The van der Waals surface area contributed by atoms with E-state index in [-0.39, 0.29) is 17.0 Å². The Labute approximate surface area is 175 Å². The van der Waals surface area contributed by atoms with Gasteiger partial charge in [0.05, 0.1) is 23.3 Å². The first kappa shape index (κ1) is 22.4. The standard InChI is InChI=1S/C22H24ClNO5/c1-22(2,3)29-20(26)15-11-9-14(10-12-15)13-18(21(27)28-4)24-19(25)16-7-5-6-8-17(16)23/h5-12,18H,13H2,1-4H3,(H,24,25)/t18-/m0/s1. The fraction of sp³-hybridized carbons (Fsp3) is 0.318. The minimum atomic E-state index is -0.906. The Hall–Kier alpha value is -2.86. The summed E-state index contributed by atoms with van der Waals surface area (Å²) in [5.41, 5.74) is 0.822. The summed E-state index contributed by atoms with van der Waals surface area (Å²) in [4.78, 5) is 36.8. The van der Waals surface area contributed by atoms with Crippen molar-refractivity contribution in [1.29, 1.82) is 0 Å². The van der Waals surface area contributed by atoms with Crippen LogP contribution in [0.25, 0.3) is 0 Å². The van der Waals surface area contributed by atoms with Gasteiger partial charge in [0, 0.05) is 6.42 Å². The van der Waals surface area contributed by atoms with Gasteiger partial charge in [0.15, 0.2) is 0 Å². The van der Waals surface area contributed by atoms with Crippen molar-refractivity contribution in [2.75, 3.05) is 7.11 Å². The molecule has 0 saturated carbocycles. The summed E-state index contributed by atoms with van der Waals surface area (Å²) in [6.45, 7) is 5.38. The smallest absolute Gasteiger partial charge is 0.338 e. The third kappa shape index (κ3) is 6.61. The second-order valence-electron chi connectivity index (χ2n) is 7.43. The number of benzene rings is 2. The highest BCUT2D eigenvalue weighted by Crippen LogP contribution is 2.16. The molecule has 6 nitrogen and oxygen atoms in total. The Morgan fingerprint density at radius 2 is 1.66 bits per heavy atom. The van der Waals surface area contributed by atoms with Gasteiger partial charge in [0.1, 0.15) is 11.6 Å². The van der Waals surface area contributed by atoms with E-state index in [2.05, 4.69) is 5.32 Å². The van der Waals surface area contributed by atoms with Crippen LogP contribution in [0.2, 0.25) is 5.02 Å². The van der Waals surface area contributed by atoms with E-state index in [1.165, 1.54) is 7.11 Å². The van der Waals surface area contributed by atoms with Gasteiger partial charge in [-0.3, -0.25) is 4.79 Å². The van der Waals surface area contributed by atoms with Gasteiger partial charge >= 0.3 is 11.9 Å². The van der Waals surface area contributed by atoms with E-state index in [9.17, 15) is 14.4 Å². The van der Waals surface area contributed by atoms with Crippen LogP contribution in [0.1, 0.15) is 47.1 Å². The zero-order valence-electron chi connectivity index (χ0n) is 16.8. The zero-order chi connectivity index (χ0) is 21.6. The van der Waals surface area contributed by atoms with E-state index in [0.29, 0.717) is 5.56 Å². The molecule has 2 rings (SSSR count). The van der Waals surface area contributed by atoms with Crippen LogP contribution >= 0.6 is 11.6 Å². The van der Waals surface area contributed by atoms with Crippen molar-refractivity contribution in [1.82, 2.24) is 5.32 Å². The van der Waals surface area contributed by atoms with Crippen LogP contribution in [0.4, 0.5) is 0 Å². The van der Waals surface area contributed by atoms with Crippen molar-refractivity contribution in [3.63, 3.8) is 0 Å². The lowest BCUT2D eigenvalue weighted by Crippen LogP contribution is -2.43. The summed E-state index contributed by atoms with van der Waals surface area (Å²) < 4.78 is 10.1. The predicted molar refractivity (Wildman–Crippen MR) is 110 cm³/mol. The molecule has 0 spiro atoms. The normalized spacial score (nSPS) is 12.0. The number of hydrogen-bond donors (Lipinski definition) is 1. The van der Waals surface area contributed by atoms with E-state index >= 15 is 0 Å². The highest BCUT2D eigenvalue weighted by molar-refractivity contribution is 6.33. The number of ether oxygens (including phenoxy) is 2. The maximum absolute atomic E-state index is 12.5. The summed E-state index contributed by atoms with van der Waals surface area (Å²) in [5.74, 6) is -1.49. The molecule has 1 N–H and O–H groups in total. The van der Waals surface area contributed by atoms with Gasteiger partial charge in [0.2, 0.25) is 0 Å². The van der Waals surface area contributed by atoms with Crippen LogP contribution in [-0.2, 0) is 20.7 Å². The number of halogens is 1. The zero-order valence-corrected chi connectivity index (χ0v) is 17.6. The molecule has 0 aromatic heterocycles. The lowest BCUT2D eigenvalue weighted by molar-refractivity contribution is -0.142. The van der Waals surface area contributed by atoms with Crippen molar-refractivity contribution in [2.24, 2.45) is 0 Å². The van der Waals surface area contributed by atoms with Crippen molar-refractivity contribution in [3.05, 3.63) is 70.2 Å². The van der Waals surface area contributed by atoms with Crippen LogP contribution in [0, 0.1) is 0 Å². The van der Waals surface area contributed by atoms with Crippen LogP contribution in [-0.4, -0.2) is 36.6 Å². The number of carbonyl (C=O) groups is 3. The number of carbonyl (C=O) groups excluding carboxylic acids is 3. The summed E-state index contributed by atoms with van der Waals surface area (Å²) in [5, 5.41) is 2.94. The molecule has 0 aliphatic rings. The summed E-state index contributed by atoms with van der Waals surface area (Å²) in [6.07, 6.45) is 0.192. The van der Waals surface area contributed by atoms with Crippen molar-refractivity contribution in [2.45, 2.75) is 38.8 Å². The largest absolute Gasteiger partial charge is 0.467 e. The number of methoxy groups -OCH3 is 1. The maximum Gasteiger partial charge on any atom is 0.338 e. The van der Waals surface area contributed by atoms with Crippen LogP contribution in [0.3, 0.4) is 0 Å². The molecule has 0 fully saturated rings. The molecule has 29 heavy (non-hydrogen) atoms. The number of amides is 1. The van der Waals surface area contributed by atoms with Crippen molar-refractivity contribution in [3.8, 4) is 0 Å². The first-order valence-electron chi connectivity index (χ1n) is 9.06. The Morgan fingerprint density at radius 3 is 2.21 bits per heavy atom. The van der Waals surface area contributed by atoms with Gasteiger partial charge in [-0.1, -0.05) is 35.9 Å². The first-order valence-corrected chi connectivity index (χ1v) is 9.44. The first-order chi connectivity index (χ1) is 13.6. The average Bonchev–Trinajstić information content (AvgIpc) is 2.66. The maximum atomic E-state index is 12.5. The molecule has 1 atom stereocenters. The molecule has 0 saturated heterocycles. The third-order valence-corrected chi connectivity index (χ3v) is 4.27. The molecule has 0 heterocycles. The lowest BCUT2D eigenvalue weighted by atomic mass is 10.0. The molecule has 7 heteroatoms. The Kier molecular flexibility index (Phi) is 7.40. The number of rotatable bonds is 6. The van der Waals surface area contributed by atoms with E-state index in [0.717, 1.165) is 5.56 Å². The van der Waals surface area contributed by atoms with Crippen LogP contribution in [0.5, 0.6) is 0 Å². The molecule has 2 aromatic rings. The Morgan fingerprint density at radius 1 is 1.03 bits per heavy atom. The Bertz CT molecular complexity index is 887. The lowest BCUT2D eigenvalue weighted by Gasteiger charge is -2.20. The molecular weight excluding hydrogens is 394 g/mol. The highest BCUT2D eigenvalue weighted by Gasteiger charge is 2.24. The van der Waals surface area contributed by atoms with E-state index < -0.39 is 29.5 Å². The van der Waals surface area contributed by atoms with Gasteiger partial charge in [0.25, 0.3) is 5.91 Å². The monoisotopic (exact) mass is 417 g/mol. The molecule has 0 unspecified atom stereocenters. The second-order valence-corrected chi connectivity index (χ2v) is 7.84. The molecule has 0 bridgehead atoms. The SMILES string of the molecule is COC(=O)[C@H](Cc1ccc(C(=O)OC(C)(C)C)cc1)NC(=O)c1ccccc1Cl. The summed E-state index contributed by atoms with van der Waals surface area (Å²) >= 11 is 6.05. The highest BCUT2D eigenvalue weighted by atomic mass is 35.5. The molecule has 154 valence electrons. The number of esters is 2. The van der Waals surface area contributed by atoms with E-state index in [4.69, 9.17) is 21.1 Å². The molecular formula is C22H24ClNO5.